The molecule has 0 aliphatic carbocycles. The lowest BCUT2D eigenvalue weighted by Gasteiger charge is -2.18. The SMILES string of the molecule is CN=C(NCCc1nc(C(C)C)no1)NCCN(C)CCCOC.I. The minimum Gasteiger partial charge on any atom is -0.385 e. The number of guanidine groups is 1. The molecule has 0 aliphatic rings. The molecule has 25 heavy (non-hydrogen) atoms. The van der Waals surface area contributed by atoms with E-state index in [-0.39, 0.29) is 29.9 Å². The van der Waals surface area contributed by atoms with E-state index in [1.54, 1.807) is 14.2 Å². The highest BCUT2D eigenvalue weighted by Gasteiger charge is 2.09. The number of hydrogen-bond donors (Lipinski definition) is 2. The Labute approximate surface area is 168 Å². The average Bonchev–Trinajstić information content (AvgIpc) is 3.03. The van der Waals surface area contributed by atoms with Crippen molar-refractivity contribution in [3.8, 4) is 0 Å². The van der Waals surface area contributed by atoms with Gasteiger partial charge in [0, 0.05) is 59.3 Å². The molecule has 0 bridgehead atoms. The van der Waals surface area contributed by atoms with E-state index < -0.39 is 0 Å². The molecule has 2 N–H and O–H groups in total. The van der Waals surface area contributed by atoms with Crippen LogP contribution in [0.5, 0.6) is 0 Å². The molecule has 1 heterocycles. The molecule has 0 saturated heterocycles. The van der Waals surface area contributed by atoms with E-state index in [1.165, 1.54) is 0 Å². The Kier molecular flexibility index (Phi) is 13.7. The van der Waals surface area contributed by atoms with Gasteiger partial charge in [0.25, 0.3) is 0 Å². The molecule has 0 radical (unpaired) electrons. The van der Waals surface area contributed by atoms with Gasteiger partial charge in [-0.1, -0.05) is 19.0 Å². The average molecular weight is 468 g/mol. The lowest BCUT2D eigenvalue weighted by molar-refractivity contribution is 0.180. The third kappa shape index (κ3) is 10.6. The van der Waals surface area contributed by atoms with E-state index in [2.05, 4.69) is 37.7 Å². The van der Waals surface area contributed by atoms with Crippen LogP contribution in [0.15, 0.2) is 9.52 Å². The Morgan fingerprint density at radius 3 is 2.60 bits per heavy atom. The molecular formula is C16H33IN6O2. The summed E-state index contributed by atoms with van der Waals surface area (Å²) in [6, 6.07) is 0. The number of aliphatic imine (C=N–C) groups is 1. The molecule has 0 fully saturated rings. The van der Waals surface area contributed by atoms with E-state index in [1.807, 2.05) is 13.8 Å². The minimum atomic E-state index is 0. The van der Waals surface area contributed by atoms with Gasteiger partial charge >= 0.3 is 0 Å². The Morgan fingerprint density at radius 1 is 1.28 bits per heavy atom. The summed E-state index contributed by atoms with van der Waals surface area (Å²) in [6.07, 6.45) is 1.72. The lowest BCUT2D eigenvalue weighted by Crippen LogP contribution is -2.41. The van der Waals surface area contributed by atoms with Crippen molar-refractivity contribution in [2.45, 2.75) is 32.6 Å². The number of nitrogens with one attached hydrogen (secondary N) is 2. The topological polar surface area (TPSA) is 87.8 Å². The van der Waals surface area contributed by atoms with Crippen LogP contribution in [0.2, 0.25) is 0 Å². The summed E-state index contributed by atoms with van der Waals surface area (Å²) in [7, 11) is 5.60. The van der Waals surface area contributed by atoms with Gasteiger partial charge in [0.05, 0.1) is 0 Å². The van der Waals surface area contributed by atoms with Crippen molar-refractivity contribution in [1.82, 2.24) is 25.7 Å². The summed E-state index contributed by atoms with van der Waals surface area (Å²) in [5.41, 5.74) is 0. The van der Waals surface area contributed by atoms with Crippen LogP contribution in [-0.2, 0) is 11.2 Å². The van der Waals surface area contributed by atoms with Crippen molar-refractivity contribution in [3.63, 3.8) is 0 Å². The summed E-state index contributed by atoms with van der Waals surface area (Å²) in [5.74, 6) is 2.47. The molecule has 8 nitrogen and oxygen atoms in total. The number of halogens is 1. The fourth-order valence-electron chi connectivity index (χ4n) is 2.07. The molecular weight excluding hydrogens is 435 g/mol. The van der Waals surface area contributed by atoms with Gasteiger partial charge in [-0.15, -0.1) is 24.0 Å². The number of aromatic nitrogens is 2. The van der Waals surface area contributed by atoms with Crippen molar-refractivity contribution < 1.29 is 9.26 Å². The van der Waals surface area contributed by atoms with Gasteiger partial charge < -0.3 is 24.8 Å². The van der Waals surface area contributed by atoms with E-state index >= 15 is 0 Å². The molecule has 0 saturated carbocycles. The van der Waals surface area contributed by atoms with Crippen molar-refractivity contribution in [3.05, 3.63) is 11.7 Å². The largest absolute Gasteiger partial charge is 0.385 e. The molecule has 0 unspecified atom stereocenters. The van der Waals surface area contributed by atoms with Crippen LogP contribution >= 0.6 is 24.0 Å². The van der Waals surface area contributed by atoms with E-state index in [4.69, 9.17) is 9.26 Å². The molecule has 1 rings (SSSR count). The van der Waals surface area contributed by atoms with Crippen LogP contribution < -0.4 is 10.6 Å². The van der Waals surface area contributed by atoms with Crippen molar-refractivity contribution in [1.29, 1.82) is 0 Å². The Balaban J connectivity index is 0.00000576. The fraction of sp³-hybridized carbons (Fsp3) is 0.812. The van der Waals surface area contributed by atoms with Crippen molar-refractivity contribution in [2.24, 2.45) is 4.99 Å². The van der Waals surface area contributed by atoms with Gasteiger partial charge in [-0.2, -0.15) is 4.98 Å². The van der Waals surface area contributed by atoms with Crippen LogP contribution in [0.3, 0.4) is 0 Å². The van der Waals surface area contributed by atoms with Crippen LogP contribution in [0.4, 0.5) is 0 Å². The number of rotatable bonds is 11. The molecule has 9 heteroatoms. The van der Waals surface area contributed by atoms with Crippen molar-refractivity contribution >= 4 is 29.9 Å². The highest BCUT2D eigenvalue weighted by Crippen LogP contribution is 2.09. The third-order valence-corrected chi connectivity index (χ3v) is 3.53. The number of likely N-dealkylation sites (N-methyl/N-ethyl adjacent to an activating group) is 1. The molecule has 0 aliphatic heterocycles. The Hall–Kier alpha value is -0.940. The van der Waals surface area contributed by atoms with Crippen LogP contribution in [0, 0.1) is 0 Å². The number of ether oxygens (including phenoxy) is 1. The predicted molar refractivity (Wildman–Crippen MR) is 111 cm³/mol. The van der Waals surface area contributed by atoms with E-state index in [0.717, 1.165) is 44.4 Å². The number of nitrogens with zero attached hydrogens (tertiary/aromatic N) is 4. The summed E-state index contributed by atoms with van der Waals surface area (Å²) >= 11 is 0. The van der Waals surface area contributed by atoms with Gasteiger partial charge in [0.15, 0.2) is 11.8 Å². The van der Waals surface area contributed by atoms with E-state index in [9.17, 15) is 0 Å². The Morgan fingerprint density at radius 2 is 2.00 bits per heavy atom. The van der Waals surface area contributed by atoms with Crippen LogP contribution in [-0.4, -0.2) is 75.0 Å². The molecule has 1 aromatic rings. The lowest BCUT2D eigenvalue weighted by atomic mass is 10.2. The van der Waals surface area contributed by atoms with Gasteiger partial charge in [-0.05, 0) is 13.5 Å². The summed E-state index contributed by atoms with van der Waals surface area (Å²) < 4.78 is 10.3. The van der Waals surface area contributed by atoms with Gasteiger partial charge in [-0.25, -0.2) is 0 Å². The molecule has 0 aromatic carbocycles. The first-order chi connectivity index (χ1) is 11.6. The normalized spacial score (nSPS) is 11.7. The highest BCUT2D eigenvalue weighted by atomic mass is 127. The second-order valence-corrected chi connectivity index (χ2v) is 6.03. The maximum atomic E-state index is 5.22. The monoisotopic (exact) mass is 468 g/mol. The zero-order chi connectivity index (χ0) is 17.8. The molecule has 146 valence electrons. The molecule has 1 aromatic heterocycles. The number of hydrogen-bond acceptors (Lipinski definition) is 6. The molecule has 0 spiro atoms. The first kappa shape index (κ1) is 24.1. The second kappa shape index (κ2) is 14.3. The molecule has 0 atom stereocenters. The quantitative estimate of drug-likeness (QED) is 0.220. The smallest absolute Gasteiger partial charge is 0.228 e. The third-order valence-electron chi connectivity index (χ3n) is 3.53. The standard InChI is InChI=1S/C16H32N6O2.HI/c1-13(2)15-20-14(24-21-15)7-8-18-16(17-3)19-9-11-22(4)10-6-12-23-5;/h13H,6-12H2,1-5H3,(H2,17,18,19);1H. The number of methoxy groups -OCH3 is 1. The summed E-state index contributed by atoms with van der Waals surface area (Å²) in [6.45, 7) is 8.40. The fourth-order valence-corrected chi connectivity index (χ4v) is 2.07. The zero-order valence-electron chi connectivity index (χ0n) is 16.0. The van der Waals surface area contributed by atoms with Gasteiger partial charge in [0.2, 0.25) is 5.89 Å². The Bertz CT molecular complexity index is 481. The summed E-state index contributed by atoms with van der Waals surface area (Å²) in [4.78, 5) is 10.8. The van der Waals surface area contributed by atoms with Gasteiger partial charge in [0.1, 0.15) is 0 Å². The highest BCUT2D eigenvalue weighted by molar-refractivity contribution is 14.0. The predicted octanol–water partition coefficient (Wildman–Crippen LogP) is 1.49. The van der Waals surface area contributed by atoms with Gasteiger partial charge in [-0.3, -0.25) is 4.99 Å². The van der Waals surface area contributed by atoms with Crippen LogP contribution in [0.25, 0.3) is 0 Å². The summed E-state index contributed by atoms with van der Waals surface area (Å²) in [5, 5.41) is 10.5. The maximum absolute atomic E-state index is 5.22. The first-order valence-corrected chi connectivity index (χ1v) is 8.51. The molecule has 0 amide bonds. The van der Waals surface area contributed by atoms with E-state index in [0.29, 0.717) is 18.9 Å². The second-order valence-electron chi connectivity index (χ2n) is 6.03. The van der Waals surface area contributed by atoms with Crippen LogP contribution in [0.1, 0.15) is 37.9 Å². The first-order valence-electron chi connectivity index (χ1n) is 8.51. The zero-order valence-corrected chi connectivity index (χ0v) is 18.4. The minimum absolute atomic E-state index is 0. The van der Waals surface area contributed by atoms with Crippen molar-refractivity contribution in [2.75, 3.05) is 54.0 Å². The maximum Gasteiger partial charge on any atom is 0.228 e.